The molecule has 1 atom stereocenters. The van der Waals surface area contributed by atoms with Gasteiger partial charge in [0.15, 0.2) is 0 Å². The minimum atomic E-state index is 0. The molecule has 0 saturated carbocycles. The summed E-state index contributed by atoms with van der Waals surface area (Å²) in [6, 6.07) is 0. The summed E-state index contributed by atoms with van der Waals surface area (Å²) in [4.78, 5) is 0. The minimum absolute atomic E-state index is 0. The molecule has 0 aliphatic heterocycles. The summed E-state index contributed by atoms with van der Waals surface area (Å²) in [7, 11) is 2.49. The van der Waals surface area contributed by atoms with Crippen molar-refractivity contribution >= 4 is 15.9 Å². The van der Waals surface area contributed by atoms with Crippen molar-refractivity contribution in [3.05, 3.63) is 0 Å². The highest BCUT2D eigenvalue weighted by Crippen LogP contribution is 2.14. The van der Waals surface area contributed by atoms with E-state index in [1.54, 1.807) is 0 Å². The lowest BCUT2D eigenvalue weighted by atomic mass is 10.1. The molecule has 0 radical (unpaired) electrons. The Morgan fingerprint density at radius 1 is 0.619 bits per heavy atom. The van der Waals surface area contributed by atoms with E-state index in [0.717, 1.165) is 5.33 Å². The Labute approximate surface area is 160 Å². The normalized spacial score (nSPS) is 13.7. The van der Waals surface area contributed by atoms with Gasteiger partial charge in [0.1, 0.15) is 0 Å². The van der Waals surface area contributed by atoms with Crippen molar-refractivity contribution in [3.8, 4) is 0 Å². The lowest BCUT2D eigenvalue weighted by molar-refractivity contribution is -0.910. The highest BCUT2D eigenvalue weighted by molar-refractivity contribution is 9.09. The Bertz CT molecular complexity index is 202. The molecule has 130 valence electrons. The van der Waals surface area contributed by atoms with Gasteiger partial charge in [0.2, 0.25) is 0 Å². The fraction of sp³-hybridized carbons (Fsp3) is 1.00. The predicted molar refractivity (Wildman–Crippen MR) is 96.7 cm³/mol. The third-order valence-electron chi connectivity index (χ3n) is 4.43. The molecule has 0 rings (SSSR count). The highest BCUT2D eigenvalue weighted by Gasteiger charge is 2.19. The molecular formula is C18H39BrIN. The third-order valence-corrected chi connectivity index (χ3v) is 5.00. The molecule has 0 bridgehead atoms. The maximum Gasteiger partial charge on any atom is 0.0792 e. The Hall–Kier alpha value is 1.17. The molecule has 21 heavy (non-hydrogen) atoms. The Morgan fingerprint density at radius 3 is 1.48 bits per heavy atom. The summed E-state index contributed by atoms with van der Waals surface area (Å²) in [5, 5.41) is 1.16. The van der Waals surface area contributed by atoms with Crippen LogP contribution in [0.3, 0.4) is 0 Å². The van der Waals surface area contributed by atoms with Gasteiger partial charge in [-0.25, -0.2) is 0 Å². The van der Waals surface area contributed by atoms with Crippen molar-refractivity contribution < 1.29 is 28.5 Å². The van der Waals surface area contributed by atoms with Gasteiger partial charge in [0.05, 0.1) is 26.7 Å². The molecular weight excluding hydrogens is 437 g/mol. The zero-order valence-corrected chi connectivity index (χ0v) is 18.6. The molecule has 0 fully saturated rings. The first kappa shape index (κ1) is 24.4. The van der Waals surface area contributed by atoms with Gasteiger partial charge in [-0.3, -0.25) is 0 Å². The van der Waals surface area contributed by atoms with Crippen molar-refractivity contribution in [1.29, 1.82) is 0 Å². The molecule has 0 amide bonds. The molecule has 0 aliphatic carbocycles. The van der Waals surface area contributed by atoms with E-state index in [9.17, 15) is 0 Å². The van der Waals surface area contributed by atoms with Crippen LogP contribution in [-0.4, -0.2) is 36.5 Å². The number of quaternary nitrogens is 1. The van der Waals surface area contributed by atoms with Crippen LogP contribution >= 0.6 is 15.9 Å². The summed E-state index contributed by atoms with van der Waals surface area (Å²) in [6.07, 6.45) is 15.5. The van der Waals surface area contributed by atoms with Gasteiger partial charge >= 0.3 is 0 Å². The van der Waals surface area contributed by atoms with Crippen LogP contribution in [0, 0.1) is 0 Å². The van der Waals surface area contributed by atoms with Crippen molar-refractivity contribution in [2.45, 2.75) is 84.5 Å². The molecule has 0 heterocycles. The maximum atomic E-state index is 3.60. The molecule has 0 aromatic rings. The van der Waals surface area contributed by atoms with E-state index in [2.05, 4.69) is 36.8 Å². The molecule has 3 heteroatoms. The van der Waals surface area contributed by atoms with E-state index in [4.69, 9.17) is 0 Å². The van der Waals surface area contributed by atoms with Crippen molar-refractivity contribution in [1.82, 2.24) is 0 Å². The van der Waals surface area contributed by atoms with Gasteiger partial charge in [-0.05, 0) is 25.7 Å². The number of hydrogen-bond acceptors (Lipinski definition) is 0. The fourth-order valence-electron chi connectivity index (χ4n) is 2.97. The molecule has 1 nitrogen and oxygen atoms in total. The fourth-order valence-corrected chi connectivity index (χ4v) is 3.22. The first-order valence-corrected chi connectivity index (χ1v) is 10.2. The van der Waals surface area contributed by atoms with Gasteiger partial charge in [0.25, 0.3) is 0 Å². The standard InChI is InChI=1S/C18H39BrN.HI/c1-4-6-8-10-11-13-17-20(3,18-14-15-19)16-12-9-7-5-2;/h4-18H2,1-3H3;1H/q+1;/p-1. The smallest absolute Gasteiger partial charge is 0.0792 e. The van der Waals surface area contributed by atoms with E-state index in [-0.39, 0.29) is 24.0 Å². The monoisotopic (exact) mass is 475 g/mol. The predicted octanol–water partition coefficient (Wildman–Crippen LogP) is 3.16. The van der Waals surface area contributed by atoms with E-state index >= 15 is 0 Å². The molecule has 0 spiro atoms. The molecule has 0 aliphatic rings. The average molecular weight is 476 g/mol. The van der Waals surface area contributed by atoms with Crippen LogP contribution in [0.2, 0.25) is 0 Å². The van der Waals surface area contributed by atoms with Gasteiger partial charge in [0, 0.05) is 11.8 Å². The average Bonchev–Trinajstić information content (AvgIpc) is 2.45. The molecule has 1 unspecified atom stereocenters. The molecule has 0 N–H and O–H groups in total. The summed E-state index contributed by atoms with van der Waals surface area (Å²) < 4.78 is 1.31. The second kappa shape index (κ2) is 17.5. The maximum absolute atomic E-state index is 3.60. The number of rotatable bonds is 15. The van der Waals surface area contributed by atoms with Gasteiger partial charge in [-0.2, -0.15) is 0 Å². The van der Waals surface area contributed by atoms with Crippen LogP contribution in [0.5, 0.6) is 0 Å². The van der Waals surface area contributed by atoms with Crippen molar-refractivity contribution in [2.24, 2.45) is 0 Å². The molecule has 0 aromatic heterocycles. The Kier molecular flexibility index (Phi) is 20.4. The topological polar surface area (TPSA) is 0 Å². The zero-order chi connectivity index (χ0) is 15.1. The van der Waals surface area contributed by atoms with Crippen LogP contribution in [-0.2, 0) is 0 Å². The van der Waals surface area contributed by atoms with Crippen LogP contribution in [0.15, 0.2) is 0 Å². The quantitative estimate of drug-likeness (QED) is 0.148. The summed E-state index contributed by atoms with van der Waals surface area (Å²) in [5.41, 5.74) is 0. The van der Waals surface area contributed by atoms with Crippen LogP contribution in [0.4, 0.5) is 0 Å². The summed E-state index contributed by atoms with van der Waals surface area (Å²) >= 11 is 3.60. The lowest BCUT2D eigenvalue weighted by Gasteiger charge is -2.35. The zero-order valence-electron chi connectivity index (χ0n) is 14.8. The van der Waals surface area contributed by atoms with Gasteiger partial charge in [-0.15, -0.1) is 0 Å². The minimum Gasteiger partial charge on any atom is -1.00 e. The first-order chi connectivity index (χ1) is 9.68. The van der Waals surface area contributed by atoms with E-state index in [1.165, 1.54) is 94.7 Å². The number of unbranched alkanes of at least 4 members (excludes halogenated alkanes) is 8. The van der Waals surface area contributed by atoms with Gasteiger partial charge in [-0.1, -0.05) is 68.3 Å². The van der Waals surface area contributed by atoms with Crippen LogP contribution < -0.4 is 24.0 Å². The second-order valence-electron chi connectivity index (χ2n) is 6.66. The number of nitrogens with zero attached hydrogens (tertiary/aromatic N) is 1. The lowest BCUT2D eigenvalue weighted by Crippen LogP contribution is -3.00. The van der Waals surface area contributed by atoms with Gasteiger partial charge < -0.3 is 28.5 Å². The summed E-state index contributed by atoms with van der Waals surface area (Å²) in [6.45, 7) is 8.74. The van der Waals surface area contributed by atoms with Crippen molar-refractivity contribution in [3.63, 3.8) is 0 Å². The van der Waals surface area contributed by atoms with E-state index in [0.29, 0.717) is 0 Å². The third kappa shape index (κ3) is 15.8. The summed E-state index contributed by atoms with van der Waals surface area (Å²) in [5.74, 6) is 0. The Balaban J connectivity index is 0. The Morgan fingerprint density at radius 2 is 1.00 bits per heavy atom. The van der Waals surface area contributed by atoms with E-state index in [1.807, 2.05) is 0 Å². The SMILES string of the molecule is CCCCCCCC[N+](C)(CCCBr)CCCCCC.[I-]. The first-order valence-electron chi connectivity index (χ1n) is 9.08. The second-order valence-corrected chi connectivity index (χ2v) is 7.45. The van der Waals surface area contributed by atoms with E-state index < -0.39 is 0 Å². The number of halogens is 2. The molecule has 0 aromatic carbocycles. The largest absolute Gasteiger partial charge is 1.00 e. The number of alkyl halides is 1. The molecule has 0 saturated heterocycles. The van der Waals surface area contributed by atoms with Crippen LogP contribution in [0.25, 0.3) is 0 Å². The number of hydrogen-bond donors (Lipinski definition) is 0. The van der Waals surface area contributed by atoms with Crippen LogP contribution in [0.1, 0.15) is 84.5 Å². The van der Waals surface area contributed by atoms with Crippen molar-refractivity contribution in [2.75, 3.05) is 32.0 Å². The highest BCUT2D eigenvalue weighted by atomic mass is 127.